The largest absolute Gasteiger partial charge is 0.493 e. The van der Waals surface area contributed by atoms with E-state index in [9.17, 15) is 4.79 Å². The number of fused-ring (bicyclic) bond motifs is 1. The van der Waals surface area contributed by atoms with Crippen LogP contribution in [0.25, 0.3) is 0 Å². The molecule has 0 aliphatic carbocycles. The van der Waals surface area contributed by atoms with Gasteiger partial charge in [-0.2, -0.15) is 0 Å². The molecule has 5 heteroatoms. The average molecular weight is 292 g/mol. The summed E-state index contributed by atoms with van der Waals surface area (Å²) < 4.78 is 10.7. The van der Waals surface area contributed by atoms with Gasteiger partial charge >= 0.3 is 0 Å². The van der Waals surface area contributed by atoms with Crippen molar-refractivity contribution in [3.05, 3.63) is 23.3 Å². The molecule has 116 valence electrons. The summed E-state index contributed by atoms with van der Waals surface area (Å²) in [6.45, 7) is 5.78. The molecule has 0 aromatic heterocycles. The molecule has 1 amide bonds. The summed E-state index contributed by atoms with van der Waals surface area (Å²) >= 11 is 0. The van der Waals surface area contributed by atoms with Gasteiger partial charge in [0.25, 0.3) is 5.91 Å². The summed E-state index contributed by atoms with van der Waals surface area (Å²) in [5.74, 6) is 1.13. The van der Waals surface area contributed by atoms with Crippen LogP contribution < -0.4 is 14.8 Å². The predicted octanol–water partition coefficient (Wildman–Crippen LogP) is 2.57. The summed E-state index contributed by atoms with van der Waals surface area (Å²) in [6, 6.07) is 3.82. The Balaban J connectivity index is 2.48. The maximum absolute atomic E-state index is 12.8. The molecule has 1 atom stereocenters. The Kier molecular flexibility index (Phi) is 5.07. The molecule has 1 aromatic rings. The Hall–Kier alpha value is -1.75. The molecule has 0 saturated heterocycles. The van der Waals surface area contributed by atoms with Crippen LogP contribution >= 0.6 is 0 Å². The van der Waals surface area contributed by atoms with Crippen molar-refractivity contribution < 1.29 is 14.3 Å². The molecule has 2 rings (SSSR count). The van der Waals surface area contributed by atoms with Gasteiger partial charge in [0.15, 0.2) is 11.5 Å². The van der Waals surface area contributed by atoms with Crippen LogP contribution in [0.4, 0.5) is 0 Å². The molecule has 5 nitrogen and oxygen atoms in total. The smallest absolute Gasteiger partial charge is 0.259 e. The molecule has 1 heterocycles. The topological polar surface area (TPSA) is 50.8 Å². The fraction of sp³-hybridized carbons (Fsp3) is 0.562. The van der Waals surface area contributed by atoms with Gasteiger partial charge in [-0.05, 0) is 25.5 Å². The zero-order valence-corrected chi connectivity index (χ0v) is 13.2. The zero-order chi connectivity index (χ0) is 15.4. The molecule has 21 heavy (non-hydrogen) atoms. The number of nitrogens with zero attached hydrogens (tertiary/aromatic N) is 1. The van der Waals surface area contributed by atoms with Gasteiger partial charge in [-0.25, -0.2) is 0 Å². The normalized spacial score (nSPS) is 17.0. The number of carbonyl (C=O) groups is 1. The standard InChI is InChI=1S/C16H24N2O3/c1-5-9-17-15-11-7-8-12(20-3)14(21-4)13(11)16(19)18(15)10-6-2/h7-8,15,17H,5-6,9-10H2,1-4H3. The van der Waals surface area contributed by atoms with E-state index in [1.165, 1.54) is 0 Å². The van der Waals surface area contributed by atoms with E-state index in [1.807, 2.05) is 17.0 Å². The fourth-order valence-corrected chi connectivity index (χ4v) is 2.79. The molecule has 0 saturated carbocycles. The minimum Gasteiger partial charge on any atom is -0.493 e. The summed E-state index contributed by atoms with van der Waals surface area (Å²) in [7, 11) is 3.16. The number of methoxy groups -OCH3 is 2. The maximum atomic E-state index is 12.8. The summed E-state index contributed by atoms with van der Waals surface area (Å²) in [5.41, 5.74) is 1.60. The van der Waals surface area contributed by atoms with E-state index < -0.39 is 0 Å². The van der Waals surface area contributed by atoms with E-state index in [0.717, 1.165) is 31.5 Å². The highest BCUT2D eigenvalue weighted by Gasteiger charge is 2.39. The first-order valence-corrected chi connectivity index (χ1v) is 7.48. The third-order valence-electron chi connectivity index (χ3n) is 3.71. The lowest BCUT2D eigenvalue weighted by Crippen LogP contribution is -2.37. The zero-order valence-electron chi connectivity index (χ0n) is 13.2. The number of carbonyl (C=O) groups excluding carboxylic acids is 1. The molecule has 1 aromatic carbocycles. The SMILES string of the molecule is CCCNC1c2ccc(OC)c(OC)c2C(=O)N1CCC. The molecule has 0 spiro atoms. The second kappa shape index (κ2) is 6.80. The van der Waals surface area contributed by atoms with Crippen LogP contribution in [-0.2, 0) is 0 Å². The minimum absolute atomic E-state index is 0.0104. The van der Waals surface area contributed by atoms with Gasteiger partial charge < -0.3 is 14.4 Å². The van der Waals surface area contributed by atoms with Crippen molar-refractivity contribution in [3.8, 4) is 11.5 Å². The number of hydrogen-bond donors (Lipinski definition) is 1. The van der Waals surface area contributed by atoms with E-state index in [2.05, 4.69) is 19.2 Å². The lowest BCUT2D eigenvalue weighted by molar-refractivity contribution is 0.0693. The highest BCUT2D eigenvalue weighted by molar-refractivity contribution is 6.02. The highest BCUT2D eigenvalue weighted by atomic mass is 16.5. The van der Waals surface area contributed by atoms with Crippen molar-refractivity contribution in [2.75, 3.05) is 27.3 Å². The van der Waals surface area contributed by atoms with E-state index in [1.54, 1.807) is 14.2 Å². The molecule has 1 aliphatic heterocycles. The Labute approximate surface area is 126 Å². The molecule has 1 N–H and O–H groups in total. The Morgan fingerprint density at radius 1 is 1.19 bits per heavy atom. The summed E-state index contributed by atoms with van der Waals surface area (Å²) in [4.78, 5) is 14.6. The van der Waals surface area contributed by atoms with Crippen LogP contribution in [0.1, 0.15) is 48.8 Å². The Bertz CT molecular complexity index is 516. The molecule has 0 fully saturated rings. The molecule has 1 aliphatic rings. The van der Waals surface area contributed by atoms with Crippen molar-refractivity contribution >= 4 is 5.91 Å². The monoisotopic (exact) mass is 292 g/mol. The van der Waals surface area contributed by atoms with E-state index in [0.29, 0.717) is 17.1 Å². The van der Waals surface area contributed by atoms with E-state index in [-0.39, 0.29) is 12.1 Å². The number of amides is 1. The van der Waals surface area contributed by atoms with Crippen LogP contribution in [0, 0.1) is 0 Å². The molecular weight excluding hydrogens is 268 g/mol. The molecular formula is C16H24N2O3. The van der Waals surface area contributed by atoms with Gasteiger partial charge in [-0.3, -0.25) is 10.1 Å². The number of nitrogens with one attached hydrogen (secondary N) is 1. The third-order valence-corrected chi connectivity index (χ3v) is 3.71. The van der Waals surface area contributed by atoms with Gasteiger partial charge in [0.2, 0.25) is 0 Å². The van der Waals surface area contributed by atoms with Crippen LogP contribution in [-0.4, -0.2) is 38.1 Å². The van der Waals surface area contributed by atoms with Gasteiger partial charge in [-0.15, -0.1) is 0 Å². The molecule has 0 bridgehead atoms. The van der Waals surface area contributed by atoms with E-state index >= 15 is 0 Å². The van der Waals surface area contributed by atoms with Crippen LogP contribution in [0.5, 0.6) is 11.5 Å². The summed E-state index contributed by atoms with van der Waals surface area (Å²) in [5, 5.41) is 3.45. The Morgan fingerprint density at radius 2 is 1.95 bits per heavy atom. The first kappa shape index (κ1) is 15.6. The first-order valence-electron chi connectivity index (χ1n) is 7.48. The number of benzene rings is 1. The van der Waals surface area contributed by atoms with Crippen molar-refractivity contribution in [2.24, 2.45) is 0 Å². The quantitative estimate of drug-likeness (QED) is 0.839. The summed E-state index contributed by atoms with van der Waals surface area (Å²) in [6.07, 6.45) is 1.86. The molecule has 0 radical (unpaired) electrons. The van der Waals surface area contributed by atoms with Crippen molar-refractivity contribution in [1.82, 2.24) is 10.2 Å². The molecule has 1 unspecified atom stereocenters. The van der Waals surface area contributed by atoms with Gasteiger partial charge in [0.1, 0.15) is 6.17 Å². The van der Waals surface area contributed by atoms with Gasteiger partial charge in [-0.1, -0.05) is 19.9 Å². The van der Waals surface area contributed by atoms with Gasteiger partial charge in [0.05, 0.1) is 19.8 Å². The van der Waals surface area contributed by atoms with Crippen LogP contribution in [0.3, 0.4) is 0 Å². The number of ether oxygens (including phenoxy) is 2. The maximum Gasteiger partial charge on any atom is 0.259 e. The predicted molar refractivity (Wildman–Crippen MR) is 81.9 cm³/mol. The second-order valence-electron chi connectivity index (χ2n) is 5.12. The van der Waals surface area contributed by atoms with E-state index in [4.69, 9.17) is 9.47 Å². The average Bonchev–Trinajstić information content (AvgIpc) is 2.77. The van der Waals surface area contributed by atoms with Crippen LogP contribution in [0.15, 0.2) is 12.1 Å². The van der Waals surface area contributed by atoms with Crippen molar-refractivity contribution in [1.29, 1.82) is 0 Å². The third kappa shape index (κ3) is 2.70. The first-order chi connectivity index (χ1) is 10.2. The highest BCUT2D eigenvalue weighted by Crippen LogP contribution is 2.42. The lowest BCUT2D eigenvalue weighted by Gasteiger charge is -2.25. The van der Waals surface area contributed by atoms with Crippen molar-refractivity contribution in [3.63, 3.8) is 0 Å². The second-order valence-corrected chi connectivity index (χ2v) is 5.12. The fourth-order valence-electron chi connectivity index (χ4n) is 2.79. The number of rotatable bonds is 7. The van der Waals surface area contributed by atoms with Crippen LogP contribution in [0.2, 0.25) is 0 Å². The minimum atomic E-state index is -0.0767. The van der Waals surface area contributed by atoms with Gasteiger partial charge in [0, 0.05) is 12.1 Å². The van der Waals surface area contributed by atoms with Crippen molar-refractivity contribution in [2.45, 2.75) is 32.9 Å². The number of hydrogen-bond acceptors (Lipinski definition) is 4. The lowest BCUT2D eigenvalue weighted by atomic mass is 10.1. The Morgan fingerprint density at radius 3 is 2.52 bits per heavy atom.